The van der Waals surface area contributed by atoms with Gasteiger partial charge in [0, 0.05) is 22.9 Å². The van der Waals surface area contributed by atoms with Crippen molar-refractivity contribution >= 4 is 21.4 Å². The average Bonchev–Trinajstić information content (AvgIpc) is 2.37. The van der Waals surface area contributed by atoms with Crippen LogP contribution in [0.5, 0.6) is 0 Å². The monoisotopic (exact) mass is 323 g/mol. The Kier molecular flexibility index (Phi) is 4.13. The Balaban J connectivity index is 2.62. The summed E-state index contributed by atoms with van der Waals surface area (Å²) in [5.74, 6) is 0. The third-order valence-electron chi connectivity index (χ3n) is 3.16. The largest absolute Gasteiger partial charge is 0.252 e. The molecule has 0 radical (unpaired) electrons. The SMILES string of the molecule is CC(C)(C)c1cccc(-c2cc(S(C)(=O)=O)ccc2Cl)n1. The summed E-state index contributed by atoms with van der Waals surface area (Å²) in [5.41, 5.74) is 2.15. The maximum absolute atomic E-state index is 11.7. The molecule has 0 N–H and O–H groups in total. The Bertz CT molecular complexity index is 777. The van der Waals surface area contributed by atoms with E-state index in [2.05, 4.69) is 25.8 Å². The highest BCUT2D eigenvalue weighted by atomic mass is 35.5. The topological polar surface area (TPSA) is 47.0 Å². The van der Waals surface area contributed by atoms with Gasteiger partial charge in [-0.05, 0) is 30.3 Å². The minimum absolute atomic E-state index is 0.0864. The summed E-state index contributed by atoms with van der Waals surface area (Å²) in [4.78, 5) is 4.86. The molecule has 0 amide bonds. The first-order valence-electron chi connectivity index (χ1n) is 6.56. The Morgan fingerprint density at radius 1 is 1.10 bits per heavy atom. The Morgan fingerprint density at radius 3 is 2.33 bits per heavy atom. The fourth-order valence-electron chi connectivity index (χ4n) is 1.93. The minimum atomic E-state index is -3.28. The van der Waals surface area contributed by atoms with Crippen molar-refractivity contribution in [3.63, 3.8) is 0 Å². The van der Waals surface area contributed by atoms with Crippen LogP contribution in [-0.4, -0.2) is 19.7 Å². The van der Waals surface area contributed by atoms with E-state index in [0.29, 0.717) is 16.3 Å². The van der Waals surface area contributed by atoms with E-state index in [4.69, 9.17) is 11.6 Å². The predicted octanol–water partition coefficient (Wildman–Crippen LogP) is 4.10. The number of halogens is 1. The second kappa shape index (κ2) is 5.43. The lowest BCUT2D eigenvalue weighted by Crippen LogP contribution is -2.13. The van der Waals surface area contributed by atoms with E-state index in [1.54, 1.807) is 12.1 Å². The third-order valence-corrected chi connectivity index (χ3v) is 4.60. The summed E-state index contributed by atoms with van der Waals surface area (Å²) >= 11 is 6.21. The van der Waals surface area contributed by atoms with Crippen molar-refractivity contribution in [1.29, 1.82) is 0 Å². The number of nitrogens with zero attached hydrogens (tertiary/aromatic N) is 1. The van der Waals surface area contributed by atoms with Crippen LogP contribution < -0.4 is 0 Å². The van der Waals surface area contributed by atoms with Gasteiger partial charge in [0.05, 0.1) is 15.6 Å². The van der Waals surface area contributed by atoms with Crippen LogP contribution in [0.1, 0.15) is 26.5 Å². The van der Waals surface area contributed by atoms with E-state index >= 15 is 0 Å². The Morgan fingerprint density at radius 2 is 1.76 bits per heavy atom. The summed E-state index contributed by atoms with van der Waals surface area (Å²) < 4.78 is 23.4. The normalized spacial score (nSPS) is 12.4. The first-order valence-corrected chi connectivity index (χ1v) is 8.83. The molecule has 0 aliphatic heterocycles. The quantitative estimate of drug-likeness (QED) is 0.835. The van der Waals surface area contributed by atoms with E-state index in [1.807, 2.05) is 18.2 Å². The number of sulfone groups is 1. The smallest absolute Gasteiger partial charge is 0.175 e. The van der Waals surface area contributed by atoms with Crippen LogP contribution in [0.2, 0.25) is 5.02 Å². The van der Waals surface area contributed by atoms with Gasteiger partial charge in [-0.15, -0.1) is 0 Å². The highest BCUT2D eigenvalue weighted by Crippen LogP contribution is 2.30. The molecule has 0 bridgehead atoms. The van der Waals surface area contributed by atoms with Gasteiger partial charge in [0.25, 0.3) is 0 Å². The number of pyridine rings is 1. The van der Waals surface area contributed by atoms with Gasteiger partial charge in [-0.2, -0.15) is 0 Å². The minimum Gasteiger partial charge on any atom is -0.252 e. The molecule has 0 saturated heterocycles. The fraction of sp³-hybridized carbons (Fsp3) is 0.312. The molecule has 3 nitrogen and oxygen atoms in total. The lowest BCUT2D eigenvalue weighted by atomic mass is 9.91. The van der Waals surface area contributed by atoms with E-state index < -0.39 is 9.84 Å². The maximum Gasteiger partial charge on any atom is 0.175 e. The lowest BCUT2D eigenvalue weighted by Gasteiger charge is -2.18. The fourth-order valence-corrected chi connectivity index (χ4v) is 2.80. The van der Waals surface area contributed by atoms with Crippen LogP contribution in [0.3, 0.4) is 0 Å². The zero-order valence-corrected chi connectivity index (χ0v) is 14.1. The molecule has 5 heteroatoms. The molecule has 0 aliphatic carbocycles. The van der Waals surface area contributed by atoms with Crippen molar-refractivity contribution in [2.45, 2.75) is 31.1 Å². The number of benzene rings is 1. The van der Waals surface area contributed by atoms with Crippen molar-refractivity contribution < 1.29 is 8.42 Å². The van der Waals surface area contributed by atoms with Crippen molar-refractivity contribution in [2.24, 2.45) is 0 Å². The Hall–Kier alpha value is -1.39. The lowest BCUT2D eigenvalue weighted by molar-refractivity contribution is 0.569. The molecule has 21 heavy (non-hydrogen) atoms. The molecule has 0 spiro atoms. The average molecular weight is 324 g/mol. The van der Waals surface area contributed by atoms with Gasteiger partial charge < -0.3 is 0 Å². The summed E-state index contributed by atoms with van der Waals surface area (Å²) in [7, 11) is -3.28. The van der Waals surface area contributed by atoms with E-state index in [1.165, 1.54) is 12.3 Å². The van der Waals surface area contributed by atoms with Crippen LogP contribution in [0.15, 0.2) is 41.3 Å². The number of hydrogen-bond acceptors (Lipinski definition) is 3. The van der Waals surface area contributed by atoms with Gasteiger partial charge in [-0.25, -0.2) is 8.42 Å². The first-order chi connectivity index (χ1) is 9.59. The summed E-state index contributed by atoms with van der Waals surface area (Å²) in [6.07, 6.45) is 1.18. The zero-order valence-electron chi connectivity index (χ0n) is 12.5. The van der Waals surface area contributed by atoms with Crippen LogP contribution in [0.4, 0.5) is 0 Å². The molecule has 0 fully saturated rings. The summed E-state index contributed by atoms with van der Waals surface area (Å²) in [5, 5.41) is 0.487. The molecular formula is C16H18ClNO2S. The van der Waals surface area contributed by atoms with Crippen LogP contribution in [0, 0.1) is 0 Å². The van der Waals surface area contributed by atoms with Gasteiger partial charge in [0.15, 0.2) is 9.84 Å². The van der Waals surface area contributed by atoms with Gasteiger partial charge in [0.2, 0.25) is 0 Å². The first kappa shape index (κ1) is 16.0. The van der Waals surface area contributed by atoms with Crippen LogP contribution in [0.25, 0.3) is 11.3 Å². The highest BCUT2D eigenvalue weighted by molar-refractivity contribution is 7.90. The molecule has 0 unspecified atom stereocenters. The summed E-state index contributed by atoms with van der Waals surface area (Å²) in [6, 6.07) is 10.4. The van der Waals surface area contributed by atoms with E-state index in [0.717, 1.165) is 5.69 Å². The predicted molar refractivity (Wildman–Crippen MR) is 86.5 cm³/mol. The van der Waals surface area contributed by atoms with Crippen molar-refractivity contribution in [3.05, 3.63) is 47.1 Å². The summed E-state index contributed by atoms with van der Waals surface area (Å²) in [6.45, 7) is 6.23. The van der Waals surface area contributed by atoms with E-state index in [-0.39, 0.29) is 10.3 Å². The molecule has 2 rings (SSSR count). The molecule has 1 aromatic heterocycles. The van der Waals surface area contributed by atoms with Gasteiger partial charge in [0.1, 0.15) is 0 Å². The molecule has 0 atom stereocenters. The molecule has 0 aliphatic rings. The zero-order chi connectivity index (χ0) is 15.8. The standard InChI is InChI=1S/C16H18ClNO2S/c1-16(2,3)15-7-5-6-14(18-15)12-10-11(21(4,19)20)8-9-13(12)17/h5-10H,1-4H3. The van der Waals surface area contributed by atoms with Crippen LogP contribution in [-0.2, 0) is 15.3 Å². The van der Waals surface area contributed by atoms with E-state index in [9.17, 15) is 8.42 Å². The third kappa shape index (κ3) is 3.63. The second-order valence-corrected chi connectivity index (χ2v) is 8.49. The van der Waals surface area contributed by atoms with Crippen molar-refractivity contribution in [2.75, 3.05) is 6.26 Å². The molecule has 2 aromatic rings. The van der Waals surface area contributed by atoms with Crippen LogP contribution >= 0.6 is 11.6 Å². The van der Waals surface area contributed by atoms with Gasteiger partial charge >= 0.3 is 0 Å². The second-order valence-electron chi connectivity index (χ2n) is 6.07. The number of rotatable bonds is 2. The molecule has 1 aromatic carbocycles. The van der Waals surface area contributed by atoms with Gasteiger partial charge in [-0.3, -0.25) is 4.98 Å². The Labute approximate surface area is 130 Å². The van der Waals surface area contributed by atoms with Crippen molar-refractivity contribution in [3.8, 4) is 11.3 Å². The number of hydrogen-bond donors (Lipinski definition) is 0. The molecule has 1 heterocycles. The number of aromatic nitrogens is 1. The highest BCUT2D eigenvalue weighted by Gasteiger charge is 2.17. The molecular weight excluding hydrogens is 306 g/mol. The molecule has 0 saturated carbocycles. The van der Waals surface area contributed by atoms with Gasteiger partial charge in [-0.1, -0.05) is 38.4 Å². The maximum atomic E-state index is 11.7. The van der Waals surface area contributed by atoms with Crippen molar-refractivity contribution in [1.82, 2.24) is 4.98 Å². The molecule has 112 valence electrons.